The van der Waals surface area contributed by atoms with Gasteiger partial charge in [0.2, 0.25) is 0 Å². The van der Waals surface area contributed by atoms with E-state index in [1.807, 2.05) is 20.8 Å². The fraction of sp³-hybridized carbons (Fsp3) is 0.929. The Kier molecular flexibility index (Phi) is 4.15. The molecule has 0 unspecified atom stereocenters. The van der Waals surface area contributed by atoms with Crippen molar-refractivity contribution in [2.24, 2.45) is 5.92 Å². The molecule has 1 amide bonds. The normalized spacial score (nSPS) is 31.8. The Bertz CT molecular complexity index is 287. The Morgan fingerprint density at radius 3 is 2.44 bits per heavy atom. The Hall–Kier alpha value is -0.770. The largest absolute Gasteiger partial charge is 0.444 e. The molecule has 4 heteroatoms. The lowest BCUT2D eigenvalue weighted by atomic mass is 9.80. The van der Waals surface area contributed by atoms with Crippen molar-refractivity contribution < 1.29 is 9.53 Å². The summed E-state index contributed by atoms with van der Waals surface area (Å²) in [5, 5.41) is 6.57. The highest BCUT2D eigenvalue weighted by Gasteiger charge is 2.31. The molecular formula is C14H26N2O2. The fourth-order valence-electron chi connectivity index (χ4n) is 3.09. The van der Waals surface area contributed by atoms with E-state index >= 15 is 0 Å². The first kappa shape index (κ1) is 13.7. The number of alkyl carbamates (subject to hydrolysis) is 1. The fourth-order valence-corrected chi connectivity index (χ4v) is 3.09. The molecule has 0 aromatic heterocycles. The lowest BCUT2D eigenvalue weighted by molar-refractivity contribution is 0.0507. The molecule has 18 heavy (non-hydrogen) atoms. The van der Waals surface area contributed by atoms with Gasteiger partial charge in [-0.25, -0.2) is 4.79 Å². The highest BCUT2D eigenvalue weighted by molar-refractivity contribution is 5.67. The molecular weight excluding hydrogens is 228 g/mol. The minimum atomic E-state index is -0.408. The van der Waals surface area contributed by atoms with Gasteiger partial charge in [-0.15, -0.1) is 0 Å². The summed E-state index contributed by atoms with van der Waals surface area (Å²) in [6, 6.07) is 1.34. The molecule has 4 nitrogen and oxygen atoms in total. The minimum absolute atomic E-state index is 0.286. The molecule has 0 radical (unpaired) electrons. The summed E-state index contributed by atoms with van der Waals surface area (Å²) in [4.78, 5) is 11.6. The van der Waals surface area contributed by atoms with Crippen LogP contribution in [0.5, 0.6) is 0 Å². The van der Waals surface area contributed by atoms with Crippen LogP contribution in [0.15, 0.2) is 0 Å². The van der Waals surface area contributed by atoms with Crippen molar-refractivity contribution in [3.05, 3.63) is 0 Å². The van der Waals surface area contributed by atoms with E-state index in [2.05, 4.69) is 10.6 Å². The SMILES string of the molecule is CC(C)(C)OC(=O)NCC1C[C@H]2CCC[C@H](C1)N2. The van der Waals surface area contributed by atoms with Crippen LogP contribution in [-0.2, 0) is 4.74 Å². The van der Waals surface area contributed by atoms with Crippen molar-refractivity contribution in [2.45, 2.75) is 70.6 Å². The number of piperidine rings is 2. The number of rotatable bonds is 2. The average Bonchev–Trinajstić information content (AvgIpc) is 2.23. The molecule has 2 fully saturated rings. The molecule has 2 rings (SSSR count). The van der Waals surface area contributed by atoms with Gasteiger partial charge in [-0.2, -0.15) is 0 Å². The molecule has 0 aromatic carbocycles. The molecule has 2 heterocycles. The van der Waals surface area contributed by atoms with Crippen LogP contribution in [0.4, 0.5) is 4.79 Å². The molecule has 2 aliphatic rings. The number of fused-ring (bicyclic) bond motifs is 2. The lowest BCUT2D eigenvalue weighted by Crippen LogP contribution is -2.50. The van der Waals surface area contributed by atoms with Crippen molar-refractivity contribution in [3.63, 3.8) is 0 Å². The Labute approximate surface area is 110 Å². The third kappa shape index (κ3) is 4.16. The second-order valence-corrected chi connectivity index (χ2v) is 6.71. The van der Waals surface area contributed by atoms with Gasteiger partial charge >= 0.3 is 6.09 Å². The summed E-state index contributed by atoms with van der Waals surface area (Å²) >= 11 is 0. The van der Waals surface area contributed by atoms with Crippen molar-refractivity contribution in [1.29, 1.82) is 0 Å². The maximum absolute atomic E-state index is 11.6. The number of carbonyl (C=O) groups is 1. The number of amides is 1. The molecule has 104 valence electrons. The number of ether oxygens (including phenoxy) is 1. The van der Waals surface area contributed by atoms with E-state index in [0.717, 1.165) is 6.54 Å². The Balaban J connectivity index is 1.72. The summed E-state index contributed by atoms with van der Waals surface area (Å²) in [5.41, 5.74) is -0.408. The van der Waals surface area contributed by atoms with Crippen LogP contribution in [0, 0.1) is 5.92 Å². The first-order chi connectivity index (χ1) is 8.42. The average molecular weight is 254 g/mol. The number of nitrogens with one attached hydrogen (secondary N) is 2. The van der Waals surface area contributed by atoms with Crippen molar-refractivity contribution in [2.75, 3.05) is 6.54 Å². The summed E-state index contributed by atoms with van der Waals surface area (Å²) < 4.78 is 5.26. The molecule has 0 spiro atoms. The van der Waals surface area contributed by atoms with Gasteiger partial charge < -0.3 is 15.4 Å². The third-order valence-electron chi connectivity index (χ3n) is 3.75. The number of hydrogen-bond acceptors (Lipinski definition) is 3. The predicted molar refractivity (Wildman–Crippen MR) is 71.5 cm³/mol. The van der Waals surface area contributed by atoms with Crippen LogP contribution >= 0.6 is 0 Å². The number of carbonyl (C=O) groups excluding carboxylic acids is 1. The van der Waals surface area contributed by atoms with Gasteiger partial charge in [-0.05, 0) is 52.4 Å². The molecule has 0 aromatic rings. The molecule has 2 saturated heterocycles. The maximum atomic E-state index is 11.6. The topological polar surface area (TPSA) is 50.4 Å². The van der Waals surface area contributed by atoms with Crippen LogP contribution in [0.25, 0.3) is 0 Å². The first-order valence-corrected chi connectivity index (χ1v) is 7.15. The Morgan fingerprint density at radius 1 is 1.28 bits per heavy atom. The smallest absolute Gasteiger partial charge is 0.407 e. The van der Waals surface area contributed by atoms with Gasteiger partial charge in [0.25, 0.3) is 0 Å². The third-order valence-corrected chi connectivity index (χ3v) is 3.75. The second kappa shape index (κ2) is 5.47. The van der Waals surface area contributed by atoms with E-state index in [4.69, 9.17) is 4.74 Å². The zero-order valence-electron chi connectivity index (χ0n) is 11.8. The van der Waals surface area contributed by atoms with Crippen LogP contribution in [0.2, 0.25) is 0 Å². The zero-order chi connectivity index (χ0) is 13.2. The lowest BCUT2D eigenvalue weighted by Gasteiger charge is -2.40. The van der Waals surface area contributed by atoms with E-state index in [1.54, 1.807) is 0 Å². The van der Waals surface area contributed by atoms with Crippen LogP contribution in [0.3, 0.4) is 0 Å². The maximum Gasteiger partial charge on any atom is 0.407 e. The van der Waals surface area contributed by atoms with Gasteiger partial charge in [0.15, 0.2) is 0 Å². The molecule has 2 atom stereocenters. The van der Waals surface area contributed by atoms with Gasteiger partial charge in [-0.3, -0.25) is 0 Å². The highest BCUT2D eigenvalue weighted by atomic mass is 16.6. The first-order valence-electron chi connectivity index (χ1n) is 7.15. The van der Waals surface area contributed by atoms with Gasteiger partial charge in [0.05, 0.1) is 0 Å². The summed E-state index contributed by atoms with van der Waals surface area (Å²) in [5.74, 6) is 0.606. The second-order valence-electron chi connectivity index (χ2n) is 6.71. The van der Waals surface area contributed by atoms with Gasteiger partial charge in [0, 0.05) is 18.6 Å². The van der Waals surface area contributed by atoms with E-state index in [1.165, 1.54) is 32.1 Å². The number of hydrogen-bond donors (Lipinski definition) is 2. The monoisotopic (exact) mass is 254 g/mol. The van der Waals surface area contributed by atoms with E-state index in [-0.39, 0.29) is 6.09 Å². The van der Waals surface area contributed by atoms with E-state index < -0.39 is 5.60 Å². The van der Waals surface area contributed by atoms with E-state index in [0.29, 0.717) is 18.0 Å². The zero-order valence-corrected chi connectivity index (χ0v) is 11.8. The Morgan fingerprint density at radius 2 is 1.89 bits per heavy atom. The predicted octanol–water partition coefficient (Wildman–Crippen LogP) is 2.43. The van der Waals surface area contributed by atoms with Gasteiger partial charge in [-0.1, -0.05) is 6.42 Å². The molecule has 0 saturated carbocycles. The molecule has 2 N–H and O–H groups in total. The molecule has 2 aliphatic heterocycles. The van der Waals surface area contributed by atoms with Gasteiger partial charge in [0.1, 0.15) is 5.60 Å². The van der Waals surface area contributed by atoms with E-state index in [9.17, 15) is 4.79 Å². The summed E-state index contributed by atoms with van der Waals surface area (Å²) in [6.45, 7) is 6.42. The van der Waals surface area contributed by atoms with Crippen LogP contribution in [-0.4, -0.2) is 30.3 Å². The van der Waals surface area contributed by atoms with Crippen LogP contribution in [0.1, 0.15) is 52.9 Å². The molecule has 2 bridgehead atoms. The summed E-state index contributed by atoms with van der Waals surface area (Å²) in [7, 11) is 0. The molecule has 0 aliphatic carbocycles. The highest BCUT2D eigenvalue weighted by Crippen LogP contribution is 2.29. The summed E-state index contributed by atoms with van der Waals surface area (Å²) in [6.07, 6.45) is 6.03. The standard InChI is InChI=1S/C14H26N2O2/c1-14(2,3)18-13(17)15-9-10-7-11-5-4-6-12(8-10)16-11/h10-12,16H,4-9H2,1-3H3,(H,15,17)/t11-,12-/m1/s1. The van der Waals surface area contributed by atoms with Crippen molar-refractivity contribution in [3.8, 4) is 0 Å². The van der Waals surface area contributed by atoms with Crippen molar-refractivity contribution in [1.82, 2.24) is 10.6 Å². The van der Waals surface area contributed by atoms with Crippen molar-refractivity contribution >= 4 is 6.09 Å². The quantitative estimate of drug-likeness (QED) is 0.795. The minimum Gasteiger partial charge on any atom is -0.444 e. The van der Waals surface area contributed by atoms with Crippen LogP contribution < -0.4 is 10.6 Å².